The van der Waals surface area contributed by atoms with Crippen LogP contribution in [0, 0.1) is 5.92 Å². The van der Waals surface area contributed by atoms with Crippen molar-refractivity contribution >= 4 is 11.8 Å². The number of rotatable bonds is 4. The van der Waals surface area contributed by atoms with Crippen molar-refractivity contribution in [2.75, 3.05) is 18.1 Å². The summed E-state index contributed by atoms with van der Waals surface area (Å²) >= 11 is 2.09. The molecule has 1 aromatic rings. The molecule has 1 aromatic heterocycles. The van der Waals surface area contributed by atoms with E-state index in [1.807, 2.05) is 10.9 Å². The quantitative estimate of drug-likeness (QED) is 0.910. The number of hydrogen-bond donors (Lipinski definition) is 1. The first-order valence-corrected chi connectivity index (χ1v) is 8.03. The Morgan fingerprint density at radius 3 is 2.72 bits per heavy atom. The van der Waals surface area contributed by atoms with Crippen molar-refractivity contribution in [2.24, 2.45) is 5.92 Å². The molecule has 1 saturated heterocycles. The molecular weight excluding hydrogens is 242 g/mol. The van der Waals surface area contributed by atoms with E-state index in [4.69, 9.17) is 0 Å². The van der Waals surface area contributed by atoms with E-state index >= 15 is 0 Å². The number of hydrogen-bond acceptors (Lipinski definition) is 3. The van der Waals surface area contributed by atoms with E-state index in [2.05, 4.69) is 49.1 Å². The molecule has 4 heteroatoms. The van der Waals surface area contributed by atoms with Crippen molar-refractivity contribution in [3.8, 4) is 0 Å². The average molecular weight is 267 g/mol. The van der Waals surface area contributed by atoms with Gasteiger partial charge in [-0.25, -0.2) is 0 Å². The van der Waals surface area contributed by atoms with E-state index in [-0.39, 0.29) is 5.54 Å². The van der Waals surface area contributed by atoms with Crippen LogP contribution in [0.5, 0.6) is 0 Å². The van der Waals surface area contributed by atoms with Gasteiger partial charge < -0.3 is 5.32 Å². The molecule has 0 bridgehead atoms. The highest BCUT2D eigenvalue weighted by Crippen LogP contribution is 2.22. The third kappa shape index (κ3) is 4.02. The van der Waals surface area contributed by atoms with Gasteiger partial charge in [0.15, 0.2) is 0 Å². The average Bonchev–Trinajstić information content (AvgIpc) is 2.79. The van der Waals surface area contributed by atoms with Crippen molar-refractivity contribution in [2.45, 2.75) is 45.7 Å². The Hall–Kier alpha value is -0.480. The third-order valence-electron chi connectivity index (χ3n) is 3.43. The molecule has 1 fully saturated rings. The fraction of sp³-hybridized carbons (Fsp3) is 0.786. The lowest BCUT2D eigenvalue weighted by atomic mass is 10.0. The molecule has 3 nitrogen and oxygen atoms in total. The van der Waals surface area contributed by atoms with Gasteiger partial charge in [-0.3, -0.25) is 4.68 Å². The van der Waals surface area contributed by atoms with Crippen LogP contribution in [0.2, 0.25) is 0 Å². The second-order valence-corrected chi connectivity index (χ2v) is 7.38. The predicted molar refractivity (Wildman–Crippen MR) is 79.0 cm³/mol. The summed E-state index contributed by atoms with van der Waals surface area (Å²) in [6.07, 6.45) is 6.89. The molecule has 0 aliphatic carbocycles. The van der Waals surface area contributed by atoms with Gasteiger partial charge in [0.2, 0.25) is 0 Å². The highest BCUT2D eigenvalue weighted by atomic mass is 32.2. The molecule has 2 heterocycles. The maximum absolute atomic E-state index is 4.43. The van der Waals surface area contributed by atoms with Gasteiger partial charge in [-0.15, -0.1) is 0 Å². The fourth-order valence-corrected chi connectivity index (χ4v) is 3.39. The molecule has 0 spiro atoms. The van der Waals surface area contributed by atoms with Crippen molar-refractivity contribution in [1.29, 1.82) is 0 Å². The van der Waals surface area contributed by atoms with Crippen molar-refractivity contribution in [3.05, 3.63) is 18.0 Å². The maximum atomic E-state index is 4.43. The lowest BCUT2D eigenvalue weighted by molar-refractivity contribution is 0.355. The Bertz CT molecular complexity index is 361. The number of nitrogens with zero attached hydrogens (tertiary/aromatic N) is 2. The smallest absolute Gasteiger partial charge is 0.0543 e. The van der Waals surface area contributed by atoms with Crippen molar-refractivity contribution in [1.82, 2.24) is 15.1 Å². The van der Waals surface area contributed by atoms with Crippen LogP contribution in [-0.4, -0.2) is 27.8 Å². The number of thioether (sulfide) groups is 1. The van der Waals surface area contributed by atoms with E-state index in [1.54, 1.807) is 0 Å². The minimum absolute atomic E-state index is 0.0822. The highest BCUT2D eigenvalue weighted by molar-refractivity contribution is 7.99. The van der Waals surface area contributed by atoms with Gasteiger partial charge in [0.1, 0.15) is 0 Å². The summed E-state index contributed by atoms with van der Waals surface area (Å²) in [6.45, 7) is 8.63. The van der Waals surface area contributed by atoms with E-state index in [1.165, 1.54) is 29.9 Å². The molecule has 2 rings (SSSR count). The summed E-state index contributed by atoms with van der Waals surface area (Å²) in [4.78, 5) is 0. The molecule has 18 heavy (non-hydrogen) atoms. The van der Waals surface area contributed by atoms with E-state index < -0.39 is 0 Å². The molecule has 0 amide bonds. The normalized spacial score (nSPS) is 18.2. The van der Waals surface area contributed by atoms with Crippen LogP contribution in [0.15, 0.2) is 12.4 Å². The molecule has 0 radical (unpaired) electrons. The Labute approximate surface area is 115 Å². The first kappa shape index (κ1) is 13.9. The molecule has 102 valence electrons. The van der Waals surface area contributed by atoms with Gasteiger partial charge in [0.25, 0.3) is 0 Å². The molecule has 1 aliphatic rings. The zero-order valence-electron chi connectivity index (χ0n) is 11.8. The molecular formula is C14H25N3S. The minimum Gasteiger partial charge on any atom is -0.312 e. The van der Waals surface area contributed by atoms with Gasteiger partial charge >= 0.3 is 0 Å². The summed E-state index contributed by atoms with van der Waals surface area (Å²) in [5, 5.41) is 8.00. The summed E-state index contributed by atoms with van der Waals surface area (Å²) in [7, 11) is 0. The predicted octanol–water partition coefficient (Wildman–Crippen LogP) is 2.87. The largest absolute Gasteiger partial charge is 0.312 e. The van der Waals surface area contributed by atoms with Crippen LogP contribution in [0.25, 0.3) is 0 Å². The van der Waals surface area contributed by atoms with Gasteiger partial charge in [-0.1, -0.05) is 0 Å². The molecule has 1 N–H and O–H groups in total. The van der Waals surface area contributed by atoms with E-state index in [0.29, 0.717) is 0 Å². The fourth-order valence-electron chi connectivity index (χ4n) is 2.19. The van der Waals surface area contributed by atoms with Crippen LogP contribution in [0.3, 0.4) is 0 Å². The summed E-state index contributed by atoms with van der Waals surface area (Å²) in [5.41, 5.74) is 1.37. The van der Waals surface area contributed by atoms with Crippen LogP contribution in [-0.2, 0) is 12.1 Å². The Morgan fingerprint density at radius 1 is 1.39 bits per heavy atom. The van der Waals surface area contributed by atoms with E-state index in [9.17, 15) is 0 Å². The number of nitrogens with one attached hydrogen (secondary N) is 1. The maximum Gasteiger partial charge on any atom is 0.0543 e. The standard InChI is InChI=1S/C14H25N3S/c1-14(2,3)17-11-13(10-16-17)9-15-8-12-4-6-18-7-5-12/h10-12,15H,4-9H2,1-3H3. The monoisotopic (exact) mass is 267 g/mol. The van der Waals surface area contributed by atoms with Gasteiger partial charge in [-0.05, 0) is 57.6 Å². The number of aromatic nitrogens is 2. The molecule has 0 atom stereocenters. The summed E-state index contributed by atoms with van der Waals surface area (Å²) in [6, 6.07) is 0. The highest BCUT2D eigenvalue weighted by Gasteiger charge is 2.15. The lowest BCUT2D eigenvalue weighted by Crippen LogP contribution is -2.25. The molecule has 1 aliphatic heterocycles. The second kappa shape index (κ2) is 6.11. The van der Waals surface area contributed by atoms with Gasteiger partial charge in [0, 0.05) is 18.3 Å². The zero-order chi connectivity index (χ0) is 13.0. The van der Waals surface area contributed by atoms with Crippen LogP contribution < -0.4 is 5.32 Å². The second-order valence-electron chi connectivity index (χ2n) is 6.15. The van der Waals surface area contributed by atoms with Crippen LogP contribution in [0.4, 0.5) is 0 Å². The summed E-state index contributed by atoms with van der Waals surface area (Å²) < 4.78 is 2.04. The Kier molecular flexibility index (Phi) is 4.73. The Morgan fingerprint density at radius 2 is 2.11 bits per heavy atom. The van der Waals surface area contributed by atoms with Gasteiger partial charge in [0.05, 0.1) is 11.7 Å². The van der Waals surface area contributed by atoms with E-state index in [0.717, 1.165) is 19.0 Å². The van der Waals surface area contributed by atoms with Crippen molar-refractivity contribution in [3.63, 3.8) is 0 Å². The molecule has 0 saturated carbocycles. The van der Waals surface area contributed by atoms with Gasteiger partial charge in [-0.2, -0.15) is 16.9 Å². The molecule has 0 unspecified atom stereocenters. The minimum atomic E-state index is 0.0822. The third-order valence-corrected chi connectivity index (χ3v) is 4.48. The topological polar surface area (TPSA) is 29.9 Å². The Balaban J connectivity index is 1.74. The summed E-state index contributed by atoms with van der Waals surface area (Å²) in [5.74, 6) is 3.56. The van der Waals surface area contributed by atoms with Crippen LogP contribution in [0.1, 0.15) is 39.2 Å². The first-order chi connectivity index (χ1) is 8.55. The zero-order valence-corrected chi connectivity index (χ0v) is 12.6. The van der Waals surface area contributed by atoms with Crippen LogP contribution >= 0.6 is 11.8 Å². The molecule has 0 aromatic carbocycles. The van der Waals surface area contributed by atoms with Crippen molar-refractivity contribution < 1.29 is 0 Å². The first-order valence-electron chi connectivity index (χ1n) is 6.88. The lowest BCUT2D eigenvalue weighted by Gasteiger charge is -2.21. The SMILES string of the molecule is CC(C)(C)n1cc(CNCC2CCSCC2)cn1.